The van der Waals surface area contributed by atoms with E-state index < -0.39 is 74.0 Å². The minimum atomic E-state index is -3.91. The van der Waals surface area contributed by atoms with Gasteiger partial charge >= 0.3 is 0 Å². The number of rotatable bonds is 14. The monoisotopic (exact) mass is 761 g/mol. The zero-order valence-corrected chi connectivity index (χ0v) is 31.9. The summed E-state index contributed by atoms with van der Waals surface area (Å²) in [7, 11) is -0.971. The van der Waals surface area contributed by atoms with Crippen molar-refractivity contribution >= 4 is 44.6 Å². The van der Waals surface area contributed by atoms with E-state index in [1.165, 1.54) is 18.1 Å². The molecule has 1 saturated heterocycles. The highest BCUT2D eigenvalue weighted by molar-refractivity contribution is 7.91. The Morgan fingerprint density at radius 3 is 2.41 bits per heavy atom. The van der Waals surface area contributed by atoms with Crippen molar-refractivity contribution in [2.45, 2.75) is 75.4 Å². The number of aromatic nitrogens is 1. The van der Waals surface area contributed by atoms with Gasteiger partial charge < -0.3 is 29.7 Å². The van der Waals surface area contributed by atoms with E-state index in [9.17, 15) is 27.6 Å². The Balaban J connectivity index is 1.34. The number of hydrogen-bond acceptors (Lipinski definition) is 10. The van der Waals surface area contributed by atoms with Crippen LogP contribution in [0.5, 0.6) is 11.5 Å². The van der Waals surface area contributed by atoms with Crippen LogP contribution in [-0.4, -0.2) is 98.3 Å². The number of ether oxygens (including phenoxy) is 3. The summed E-state index contributed by atoms with van der Waals surface area (Å²) in [5.41, 5.74) is -0.249. The van der Waals surface area contributed by atoms with Crippen molar-refractivity contribution in [3.8, 4) is 22.8 Å². The molecule has 2 saturated carbocycles. The summed E-state index contributed by atoms with van der Waals surface area (Å²) in [6.45, 7) is 8.85. The molecule has 54 heavy (non-hydrogen) atoms. The number of hydrogen-bond donors (Lipinski definition) is 3. The molecular formula is C39H47N5O9S. The summed E-state index contributed by atoms with van der Waals surface area (Å²) >= 11 is 0. The van der Waals surface area contributed by atoms with Crippen LogP contribution in [0, 0.1) is 11.3 Å². The van der Waals surface area contributed by atoms with Crippen LogP contribution in [0.3, 0.4) is 0 Å². The van der Waals surface area contributed by atoms with Crippen molar-refractivity contribution in [3.05, 3.63) is 67.3 Å². The van der Waals surface area contributed by atoms with Crippen molar-refractivity contribution in [1.29, 1.82) is 0 Å². The Labute approximate surface area is 315 Å². The third-order valence-electron chi connectivity index (χ3n) is 10.1. The van der Waals surface area contributed by atoms with E-state index >= 15 is 0 Å². The minimum Gasteiger partial charge on any atom is -0.497 e. The van der Waals surface area contributed by atoms with Crippen LogP contribution >= 0.6 is 0 Å². The van der Waals surface area contributed by atoms with E-state index in [1.54, 1.807) is 40.0 Å². The Hall–Kier alpha value is -5.02. The van der Waals surface area contributed by atoms with Crippen LogP contribution in [0.25, 0.3) is 22.2 Å². The summed E-state index contributed by atoms with van der Waals surface area (Å²) in [4.78, 5) is 61.4. The third-order valence-corrected chi connectivity index (χ3v) is 12.0. The lowest BCUT2D eigenvalue weighted by molar-refractivity contribution is -0.145. The molecule has 3 aromatic rings. The van der Waals surface area contributed by atoms with Crippen LogP contribution in [-0.2, 0) is 33.9 Å². The molecule has 0 bridgehead atoms. The first-order valence-corrected chi connectivity index (χ1v) is 19.4. The molecule has 2 heterocycles. The Morgan fingerprint density at radius 2 is 1.80 bits per heavy atom. The first kappa shape index (κ1) is 38.7. The van der Waals surface area contributed by atoms with Gasteiger partial charge in [-0.1, -0.05) is 57.2 Å². The van der Waals surface area contributed by atoms with E-state index in [-0.39, 0.29) is 26.0 Å². The van der Waals surface area contributed by atoms with E-state index in [1.807, 2.05) is 42.5 Å². The lowest BCUT2D eigenvalue weighted by Gasteiger charge is -2.35. The number of amides is 4. The third kappa shape index (κ3) is 8.06. The van der Waals surface area contributed by atoms with Gasteiger partial charge in [0.05, 0.1) is 30.1 Å². The molecule has 4 amide bonds. The highest BCUT2D eigenvalue weighted by Gasteiger charge is 2.62. The average molecular weight is 762 g/mol. The topological polar surface area (TPSA) is 182 Å². The fraction of sp³-hybridized carbons (Fsp3) is 0.462. The number of carbonyl (C=O) groups is 4. The van der Waals surface area contributed by atoms with Crippen LogP contribution in [0.1, 0.15) is 46.5 Å². The lowest BCUT2D eigenvalue weighted by Crippen LogP contribution is -2.60. The Bertz CT molecular complexity index is 2070. The predicted molar refractivity (Wildman–Crippen MR) is 201 cm³/mol. The summed E-state index contributed by atoms with van der Waals surface area (Å²) in [6, 6.07) is 14.6. The molecule has 15 heteroatoms. The number of fused-ring (bicyclic) bond motifs is 1. The molecule has 3 aliphatic rings. The molecule has 2 aromatic carbocycles. The molecular weight excluding hydrogens is 715 g/mol. The fourth-order valence-corrected chi connectivity index (χ4v) is 8.24. The number of likely N-dealkylation sites (tertiary alicyclic amines) is 1. The summed E-state index contributed by atoms with van der Waals surface area (Å²) < 4.78 is 44.7. The zero-order chi connectivity index (χ0) is 39.0. The van der Waals surface area contributed by atoms with Crippen molar-refractivity contribution in [2.24, 2.45) is 11.3 Å². The van der Waals surface area contributed by atoms with Crippen LogP contribution < -0.4 is 24.8 Å². The van der Waals surface area contributed by atoms with Gasteiger partial charge in [0, 0.05) is 42.5 Å². The number of pyridine rings is 1. The Morgan fingerprint density at radius 1 is 1.07 bits per heavy atom. The molecule has 6 rings (SSSR count). The van der Waals surface area contributed by atoms with Crippen LogP contribution in [0.2, 0.25) is 0 Å². The maximum Gasteiger partial charge on any atom is 0.259 e. The van der Waals surface area contributed by atoms with Gasteiger partial charge in [0.1, 0.15) is 41.8 Å². The van der Waals surface area contributed by atoms with E-state index in [4.69, 9.17) is 19.2 Å². The molecule has 3 fully saturated rings. The molecule has 0 spiro atoms. The van der Waals surface area contributed by atoms with Gasteiger partial charge in [-0.15, -0.1) is 6.58 Å². The number of benzene rings is 2. The van der Waals surface area contributed by atoms with Crippen molar-refractivity contribution in [2.75, 3.05) is 27.4 Å². The number of nitrogens with zero attached hydrogens (tertiary/aromatic N) is 2. The molecule has 288 valence electrons. The Kier molecular flexibility index (Phi) is 10.8. The maximum absolute atomic E-state index is 14.5. The highest BCUT2D eigenvalue weighted by Crippen LogP contribution is 2.46. The van der Waals surface area contributed by atoms with Gasteiger partial charge in [-0.2, -0.15) is 0 Å². The SMILES string of the molecule is C=CC1CC1(NC(=O)[C@@H]1C[C@@H](Oc2cc(-c3ccccc3)nc3cc(OC)ccc23)CN1C(=O)[C@@H](NC(=O)COC)C(C)(C)C)C(=O)NS(=O)(=O)C1CC1. The highest BCUT2D eigenvalue weighted by atomic mass is 32.2. The van der Waals surface area contributed by atoms with Gasteiger partial charge in [0.15, 0.2) is 0 Å². The zero-order valence-electron chi connectivity index (χ0n) is 31.1. The van der Waals surface area contributed by atoms with Gasteiger partial charge in [-0.3, -0.25) is 23.9 Å². The first-order chi connectivity index (χ1) is 25.6. The van der Waals surface area contributed by atoms with Crippen LogP contribution in [0.4, 0.5) is 0 Å². The second kappa shape index (κ2) is 15.0. The van der Waals surface area contributed by atoms with Crippen LogP contribution in [0.15, 0.2) is 67.3 Å². The standard InChI is InChI=1S/C39H47N5O9S/c1-7-24-20-39(24,37(48)43-54(49,50)27-14-15-27)42-35(46)31-18-26(21-44(31)36(47)34(38(2,3)4)41-33(45)22-51-5)53-32-19-29(23-11-9-8-10-12-23)40-30-17-25(52-6)13-16-28(30)32/h7-13,16-17,19,24,26-27,31,34H,1,14-15,18,20-22H2,2-6H3,(H,41,45)(H,42,46)(H,43,48)/t24?,26-,31+,34-,39?/m1/s1. The second-order valence-electron chi connectivity index (χ2n) is 15.2. The quantitative estimate of drug-likeness (QED) is 0.207. The molecule has 3 N–H and O–H groups in total. The largest absolute Gasteiger partial charge is 0.497 e. The number of nitrogens with one attached hydrogen (secondary N) is 3. The van der Waals surface area contributed by atoms with Gasteiger partial charge in [-0.05, 0) is 36.8 Å². The van der Waals surface area contributed by atoms with Gasteiger partial charge in [0.2, 0.25) is 27.7 Å². The van der Waals surface area contributed by atoms with Gasteiger partial charge in [-0.25, -0.2) is 13.4 Å². The first-order valence-electron chi connectivity index (χ1n) is 17.9. The summed E-state index contributed by atoms with van der Waals surface area (Å²) in [6.07, 6.45) is 1.86. The normalized spacial score (nSPS) is 22.9. The lowest BCUT2D eigenvalue weighted by atomic mass is 9.85. The molecule has 1 aliphatic heterocycles. The summed E-state index contributed by atoms with van der Waals surface area (Å²) in [5, 5.41) is 5.60. The van der Waals surface area contributed by atoms with E-state index in [0.717, 1.165) is 5.56 Å². The number of carbonyl (C=O) groups excluding carboxylic acids is 4. The van der Waals surface area contributed by atoms with Crippen molar-refractivity contribution in [3.63, 3.8) is 0 Å². The molecule has 2 unspecified atom stereocenters. The number of methoxy groups -OCH3 is 2. The molecule has 5 atom stereocenters. The minimum absolute atomic E-state index is 0.0257. The molecule has 0 radical (unpaired) electrons. The number of sulfonamides is 1. The second-order valence-corrected chi connectivity index (χ2v) is 17.2. The smallest absolute Gasteiger partial charge is 0.259 e. The molecule has 2 aliphatic carbocycles. The van der Waals surface area contributed by atoms with Gasteiger partial charge in [0.25, 0.3) is 5.91 Å². The van der Waals surface area contributed by atoms with Crippen molar-refractivity contribution < 1.29 is 41.8 Å². The molecule has 14 nitrogen and oxygen atoms in total. The predicted octanol–water partition coefficient (Wildman–Crippen LogP) is 3.11. The van der Waals surface area contributed by atoms with Crippen molar-refractivity contribution in [1.82, 2.24) is 25.2 Å². The fourth-order valence-electron chi connectivity index (χ4n) is 6.88. The van der Waals surface area contributed by atoms with E-state index in [2.05, 4.69) is 21.9 Å². The average Bonchev–Trinajstić information content (AvgIpc) is 4.06. The van der Waals surface area contributed by atoms with E-state index in [0.29, 0.717) is 40.9 Å². The summed E-state index contributed by atoms with van der Waals surface area (Å²) in [5.74, 6) is -2.00. The molecule has 1 aromatic heterocycles. The maximum atomic E-state index is 14.5.